The molecule has 98 valence electrons. The lowest BCUT2D eigenvalue weighted by Gasteiger charge is -2.09. The number of rotatable bonds is 2. The number of hydrogen-bond donors (Lipinski definition) is 1. The van der Waals surface area contributed by atoms with Gasteiger partial charge in [0.25, 0.3) is 0 Å². The minimum absolute atomic E-state index is 0.0296. The van der Waals surface area contributed by atoms with Gasteiger partial charge in [-0.1, -0.05) is 54.1 Å². The molecule has 1 heterocycles. The third kappa shape index (κ3) is 2.00. The molecule has 0 spiro atoms. The van der Waals surface area contributed by atoms with Gasteiger partial charge < -0.3 is 5.11 Å². The van der Waals surface area contributed by atoms with Crippen molar-refractivity contribution in [3.63, 3.8) is 0 Å². The van der Waals surface area contributed by atoms with Crippen molar-refractivity contribution >= 4 is 28.3 Å². The molecule has 0 aliphatic rings. The first-order chi connectivity index (χ1) is 9.68. The average molecular weight is 285 g/mol. The largest absolute Gasteiger partial charge is 0.478 e. The second kappa shape index (κ2) is 4.90. The highest BCUT2D eigenvalue weighted by atomic mass is 35.5. The molecule has 0 atom stereocenters. The van der Waals surface area contributed by atoms with E-state index in [-0.39, 0.29) is 10.7 Å². The monoisotopic (exact) mass is 284 g/mol. The summed E-state index contributed by atoms with van der Waals surface area (Å²) in [6, 6.07) is 13.4. The summed E-state index contributed by atoms with van der Waals surface area (Å²) in [5.74, 6) is -1.12. The van der Waals surface area contributed by atoms with E-state index in [2.05, 4.69) is 10.2 Å². The Bertz CT molecular complexity index is 813. The number of carboxylic acids is 1. The maximum atomic E-state index is 11.4. The summed E-state index contributed by atoms with van der Waals surface area (Å²) in [4.78, 5) is 11.4. The molecule has 0 aliphatic heterocycles. The minimum Gasteiger partial charge on any atom is -0.478 e. The van der Waals surface area contributed by atoms with E-state index in [0.717, 1.165) is 16.3 Å². The normalized spacial score (nSPS) is 10.7. The highest BCUT2D eigenvalue weighted by molar-refractivity contribution is 6.33. The number of carboxylic acid groups (broad SMARTS) is 1. The van der Waals surface area contributed by atoms with Gasteiger partial charge in [0.05, 0.1) is 6.20 Å². The van der Waals surface area contributed by atoms with Crippen molar-refractivity contribution in [1.82, 2.24) is 10.2 Å². The number of benzene rings is 2. The van der Waals surface area contributed by atoms with Crippen molar-refractivity contribution in [3.05, 3.63) is 59.4 Å². The van der Waals surface area contributed by atoms with Crippen LogP contribution in [0.25, 0.3) is 21.9 Å². The van der Waals surface area contributed by atoms with Crippen LogP contribution in [0.15, 0.2) is 48.7 Å². The van der Waals surface area contributed by atoms with Gasteiger partial charge in [-0.3, -0.25) is 0 Å². The number of aromatic nitrogens is 2. The molecule has 0 saturated carbocycles. The smallest absolute Gasteiger partial charge is 0.339 e. The number of hydrogen-bond acceptors (Lipinski definition) is 3. The Morgan fingerprint density at radius 1 is 1.05 bits per heavy atom. The summed E-state index contributed by atoms with van der Waals surface area (Å²) >= 11 is 5.87. The van der Waals surface area contributed by atoms with Crippen molar-refractivity contribution in [3.8, 4) is 11.1 Å². The lowest BCUT2D eigenvalue weighted by atomic mass is 9.97. The summed E-state index contributed by atoms with van der Waals surface area (Å²) in [7, 11) is 0. The van der Waals surface area contributed by atoms with Crippen molar-refractivity contribution in [2.45, 2.75) is 0 Å². The van der Waals surface area contributed by atoms with Gasteiger partial charge in [-0.05, 0) is 16.3 Å². The number of aromatic carboxylic acids is 1. The number of carbonyl (C=O) groups is 1. The summed E-state index contributed by atoms with van der Waals surface area (Å²) in [6.45, 7) is 0. The Kier molecular flexibility index (Phi) is 3.08. The van der Waals surface area contributed by atoms with Crippen LogP contribution in [0, 0.1) is 0 Å². The summed E-state index contributed by atoms with van der Waals surface area (Å²) in [5.41, 5.74) is 1.21. The molecule has 1 aromatic heterocycles. The van der Waals surface area contributed by atoms with Crippen molar-refractivity contribution < 1.29 is 9.90 Å². The van der Waals surface area contributed by atoms with Gasteiger partial charge in [0.15, 0.2) is 5.15 Å². The molecule has 0 unspecified atom stereocenters. The zero-order valence-electron chi connectivity index (χ0n) is 10.2. The van der Waals surface area contributed by atoms with Crippen molar-refractivity contribution in [2.24, 2.45) is 0 Å². The van der Waals surface area contributed by atoms with Gasteiger partial charge in [0.1, 0.15) is 5.56 Å². The van der Waals surface area contributed by atoms with E-state index in [0.29, 0.717) is 5.56 Å². The molecule has 5 heteroatoms. The molecule has 3 aromatic rings. The molecule has 4 nitrogen and oxygen atoms in total. The Hall–Kier alpha value is -2.46. The first-order valence-corrected chi connectivity index (χ1v) is 6.29. The zero-order chi connectivity index (χ0) is 14.1. The van der Waals surface area contributed by atoms with Crippen LogP contribution in [-0.4, -0.2) is 21.3 Å². The van der Waals surface area contributed by atoms with E-state index >= 15 is 0 Å². The predicted octanol–water partition coefficient (Wildman–Crippen LogP) is 3.65. The second-order valence-electron chi connectivity index (χ2n) is 4.26. The average Bonchev–Trinajstić information content (AvgIpc) is 2.46. The van der Waals surface area contributed by atoms with Crippen molar-refractivity contribution in [2.75, 3.05) is 0 Å². The summed E-state index contributed by atoms with van der Waals surface area (Å²) < 4.78 is 0. The van der Waals surface area contributed by atoms with Crippen LogP contribution in [0.2, 0.25) is 5.15 Å². The molecule has 3 rings (SSSR count). The molecular formula is C15H9ClN2O2. The zero-order valence-corrected chi connectivity index (χ0v) is 11.0. The Morgan fingerprint density at radius 3 is 2.60 bits per heavy atom. The number of fused-ring (bicyclic) bond motifs is 1. The van der Waals surface area contributed by atoms with Gasteiger partial charge in [0, 0.05) is 5.56 Å². The molecule has 0 bridgehead atoms. The Labute approximate surface area is 119 Å². The quantitative estimate of drug-likeness (QED) is 0.780. The first kappa shape index (κ1) is 12.6. The third-order valence-electron chi connectivity index (χ3n) is 3.10. The predicted molar refractivity (Wildman–Crippen MR) is 76.9 cm³/mol. The molecule has 0 amide bonds. The van der Waals surface area contributed by atoms with E-state index in [1.807, 2.05) is 42.5 Å². The maximum absolute atomic E-state index is 11.4. The van der Waals surface area contributed by atoms with Crippen LogP contribution in [0.5, 0.6) is 0 Å². The molecule has 0 fully saturated rings. The topological polar surface area (TPSA) is 63.1 Å². The maximum Gasteiger partial charge on any atom is 0.339 e. The van der Waals surface area contributed by atoms with Gasteiger partial charge in [-0.2, -0.15) is 5.10 Å². The summed E-state index contributed by atoms with van der Waals surface area (Å²) in [6.07, 6.45) is 1.43. The molecule has 2 aromatic carbocycles. The molecule has 0 radical (unpaired) electrons. The van der Waals surface area contributed by atoms with E-state index in [1.165, 1.54) is 6.20 Å². The molecule has 20 heavy (non-hydrogen) atoms. The lowest BCUT2D eigenvalue weighted by molar-refractivity contribution is 0.0697. The van der Waals surface area contributed by atoms with Gasteiger partial charge in [-0.25, -0.2) is 4.79 Å². The molecule has 0 saturated heterocycles. The van der Waals surface area contributed by atoms with E-state index in [4.69, 9.17) is 11.6 Å². The minimum atomic E-state index is -1.12. The van der Waals surface area contributed by atoms with Crippen molar-refractivity contribution in [1.29, 1.82) is 0 Å². The van der Waals surface area contributed by atoms with Crippen LogP contribution in [0.3, 0.4) is 0 Å². The second-order valence-corrected chi connectivity index (χ2v) is 4.61. The lowest BCUT2D eigenvalue weighted by Crippen LogP contribution is -2.04. The van der Waals surface area contributed by atoms with Crippen LogP contribution in [0.4, 0.5) is 0 Å². The highest BCUT2D eigenvalue weighted by Crippen LogP contribution is 2.32. The fourth-order valence-electron chi connectivity index (χ4n) is 2.23. The van der Waals surface area contributed by atoms with Gasteiger partial charge in [0.2, 0.25) is 0 Å². The third-order valence-corrected chi connectivity index (χ3v) is 3.37. The number of halogens is 1. The fourth-order valence-corrected chi connectivity index (χ4v) is 2.46. The van der Waals surface area contributed by atoms with Gasteiger partial charge >= 0.3 is 5.97 Å². The summed E-state index contributed by atoms with van der Waals surface area (Å²) in [5, 5.41) is 18.6. The van der Waals surface area contributed by atoms with E-state index in [1.54, 1.807) is 0 Å². The fraction of sp³-hybridized carbons (Fsp3) is 0. The first-order valence-electron chi connectivity index (χ1n) is 5.91. The Balaban J connectivity index is 2.37. The van der Waals surface area contributed by atoms with Crippen LogP contribution in [-0.2, 0) is 0 Å². The Morgan fingerprint density at radius 2 is 1.80 bits per heavy atom. The van der Waals surface area contributed by atoms with Crippen LogP contribution >= 0.6 is 11.6 Å². The van der Waals surface area contributed by atoms with Gasteiger partial charge in [-0.15, -0.1) is 5.10 Å². The number of nitrogens with zero attached hydrogens (tertiary/aromatic N) is 2. The molecule has 0 aliphatic carbocycles. The highest BCUT2D eigenvalue weighted by Gasteiger charge is 2.18. The molecular weight excluding hydrogens is 276 g/mol. The van der Waals surface area contributed by atoms with E-state index < -0.39 is 5.97 Å². The SMILES string of the molecule is O=C(O)c1c(-c2cccc3ccccc23)cnnc1Cl. The van der Waals surface area contributed by atoms with E-state index in [9.17, 15) is 9.90 Å². The standard InChI is InChI=1S/C15H9ClN2O2/c16-14-13(15(19)20)12(8-17-18-14)11-7-3-5-9-4-1-2-6-10(9)11/h1-8H,(H,19,20). The van der Waals surface area contributed by atoms with Crippen LogP contribution in [0.1, 0.15) is 10.4 Å². The molecule has 1 N–H and O–H groups in total. The van der Waals surface area contributed by atoms with Crippen LogP contribution < -0.4 is 0 Å².